The Kier molecular flexibility index (Phi) is 6.81. The van der Waals surface area contributed by atoms with Gasteiger partial charge in [0.15, 0.2) is 5.75 Å². The fourth-order valence-corrected chi connectivity index (χ4v) is 4.24. The van der Waals surface area contributed by atoms with Crippen molar-refractivity contribution >= 4 is 55.8 Å². The van der Waals surface area contributed by atoms with Crippen LogP contribution in [0.5, 0.6) is 5.75 Å². The molecule has 1 N–H and O–H groups in total. The van der Waals surface area contributed by atoms with Crippen molar-refractivity contribution in [2.24, 2.45) is 10.2 Å². The lowest BCUT2D eigenvalue weighted by Crippen LogP contribution is -2.08. The smallest absolute Gasteiger partial charge is 0.340 e. The van der Waals surface area contributed by atoms with Gasteiger partial charge in [0, 0.05) is 22.6 Å². The van der Waals surface area contributed by atoms with Crippen molar-refractivity contribution < 1.29 is 14.6 Å². The molecule has 0 aliphatic carbocycles. The van der Waals surface area contributed by atoms with Crippen molar-refractivity contribution in [2.75, 3.05) is 6.61 Å². The second-order valence-corrected chi connectivity index (χ2v) is 8.67. The van der Waals surface area contributed by atoms with E-state index in [1.54, 1.807) is 37.3 Å². The second-order valence-electron chi connectivity index (χ2n) is 7.38. The number of aromatic hydroxyl groups is 1. The van der Waals surface area contributed by atoms with Gasteiger partial charge in [-0.15, -0.1) is 5.11 Å². The number of hydrogen-bond donors (Lipinski definition) is 1. The number of ether oxygens (including phenoxy) is 1. The Bertz CT molecular complexity index is 1350. The molecule has 0 aliphatic rings. The van der Waals surface area contributed by atoms with Crippen LogP contribution in [-0.2, 0) is 11.3 Å². The first-order valence-electron chi connectivity index (χ1n) is 10.3. The van der Waals surface area contributed by atoms with E-state index in [0.717, 1.165) is 11.1 Å². The maximum absolute atomic E-state index is 13.0. The lowest BCUT2D eigenvalue weighted by atomic mass is 10.1. The molecule has 0 atom stereocenters. The second kappa shape index (κ2) is 9.77. The van der Waals surface area contributed by atoms with Gasteiger partial charge < -0.3 is 14.4 Å². The number of phenolic OH excluding ortho intramolecular Hbond substituents is 1. The summed E-state index contributed by atoms with van der Waals surface area (Å²) < 4.78 is 7.81. The van der Waals surface area contributed by atoms with Crippen LogP contribution in [0.25, 0.3) is 10.9 Å². The molecule has 0 saturated carbocycles. The van der Waals surface area contributed by atoms with Gasteiger partial charge in [-0.1, -0.05) is 41.9 Å². The standard InChI is InChI=1S/C25H21BrClN3O3/c1-3-33-25(32)21-15(2)30(14-16-7-5-4-6-8-16)20-13-19(26)24(31)23(22(20)21)29-28-18-11-9-17(27)10-12-18/h4-13,31H,3,14H2,1-2H3. The van der Waals surface area contributed by atoms with Crippen molar-refractivity contribution in [3.63, 3.8) is 0 Å². The summed E-state index contributed by atoms with van der Waals surface area (Å²) >= 11 is 9.38. The summed E-state index contributed by atoms with van der Waals surface area (Å²) in [7, 11) is 0. The van der Waals surface area contributed by atoms with Crippen molar-refractivity contribution in [1.82, 2.24) is 4.57 Å². The third-order valence-corrected chi connectivity index (χ3v) is 6.13. The Hall–Kier alpha value is -3.16. The number of nitrogens with zero attached hydrogens (tertiary/aromatic N) is 3. The highest BCUT2D eigenvalue weighted by Crippen LogP contribution is 2.45. The van der Waals surface area contributed by atoms with Gasteiger partial charge in [-0.25, -0.2) is 4.79 Å². The first-order chi connectivity index (χ1) is 15.9. The fraction of sp³-hybridized carbons (Fsp3) is 0.160. The topological polar surface area (TPSA) is 76.2 Å². The molecular weight excluding hydrogens is 506 g/mol. The highest BCUT2D eigenvalue weighted by atomic mass is 79.9. The van der Waals surface area contributed by atoms with Crippen molar-refractivity contribution in [3.05, 3.63) is 87.0 Å². The van der Waals surface area contributed by atoms with E-state index in [4.69, 9.17) is 16.3 Å². The molecule has 1 heterocycles. The average Bonchev–Trinajstić information content (AvgIpc) is 3.07. The minimum Gasteiger partial charge on any atom is -0.504 e. The van der Waals surface area contributed by atoms with E-state index in [9.17, 15) is 9.90 Å². The Morgan fingerprint density at radius 1 is 1.12 bits per heavy atom. The van der Waals surface area contributed by atoms with E-state index in [1.807, 2.05) is 41.8 Å². The Balaban J connectivity index is 1.96. The lowest BCUT2D eigenvalue weighted by molar-refractivity contribution is 0.0527. The van der Waals surface area contributed by atoms with Crippen LogP contribution in [0, 0.1) is 6.92 Å². The molecule has 0 saturated heterocycles. The van der Waals surface area contributed by atoms with E-state index in [1.165, 1.54) is 0 Å². The summed E-state index contributed by atoms with van der Waals surface area (Å²) in [6.07, 6.45) is 0. The predicted molar refractivity (Wildman–Crippen MR) is 133 cm³/mol. The number of benzene rings is 3. The van der Waals surface area contributed by atoms with Gasteiger partial charge >= 0.3 is 5.97 Å². The zero-order valence-corrected chi connectivity index (χ0v) is 20.4. The first kappa shape index (κ1) is 23.0. The van der Waals surface area contributed by atoms with Crippen molar-refractivity contribution in [2.45, 2.75) is 20.4 Å². The maximum Gasteiger partial charge on any atom is 0.340 e. The predicted octanol–water partition coefficient (Wildman–Crippen LogP) is 7.71. The minimum atomic E-state index is -0.475. The zero-order valence-electron chi connectivity index (χ0n) is 18.0. The Morgan fingerprint density at radius 3 is 2.48 bits per heavy atom. The summed E-state index contributed by atoms with van der Waals surface area (Å²) in [6, 6.07) is 18.6. The highest BCUT2D eigenvalue weighted by Gasteiger charge is 2.26. The van der Waals surface area contributed by atoms with Gasteiger partial charge in [0.05, 0.1) is 27.8 Å². The molecule has 0 bridgehead atoms. The SMILES string of the molecule is CCOC(=O)c1c(C)n(Cc2ccccc2)c2cc(Br)c(O)c(N=Nc3ccc(Cl)cc3)c12. The average molecular weight is 527 g/mol. The van der Waals surface area contributed by atoms with Crippen LogP contribution >= 0.6 is 27.5 Å². The van der Waals surface area contributed by atoms with E-state index >= 15 is 0 Å². The molecule has 0 aliphatic heterocycles. The van der Waals surface area contributed by atoms with E-state index in [-0.39, 0.29) is 18.0 Å². The van der Waals surface area contributed by atoms with Gasteiger partial charge in [-0.3, -0.25) is 0 Å². The number of carbonyl (C=O) groups is 1. The highest BCUT2D eigenvalue weighted by molar-refractivity contribution is 9.10. The van der Waals surface area contributed by atoms with Crippen LogP contribution < -0.4 is 0 Å². The normalized spacial score (nSPS) is 11.4. The Morgan fingerprint density at radius 2 is 1.82 bits per heavy atom. The molecule has 168 valence electrons. The largest absolute Gasteiger partial charge is 0.504 e. The van der Waals surface area contributed by atoms with Crippen LogP contribution in [0.4, 0.5) is 11.4 Å². The van der Waals surface area contributed by atoms with Gasteiger partial charge in [0.1, 0.15) is 5.69 Å². The van der Waals surface area contributed by atoms with E-state index in [2.05, 4.69) is 26.2 Å². The molecule has 0 fully saturated rings. The van der Waals surface area contributed by atoms with Crippen molar-refractivity contribution in [1.29, 1.82) is 0 Å². The molecule has 3 aromatic carbocycles. The quantitative estimate of drug-likeness (QED) is 0.206. The van der Waals surface area contributed by atoms with Crippen LogP contribution in [0.15, 0.2) is 75.4 Å². The third kappa shape index (κ3) is 4.65. The molecule has 33 heavy (non-hydrogen) atoms. The first-order valence-corrected chi connectivity index (χ1v) is 11.5. The van der Waals surface area contributed by atoms with Crippen LogP contribution in [0.1, 0.15) is 28.5 Å². The molecule has 4 aromatic rings. The fourth-order valence-electron chi connectivity index (χ4n) is 3.70. The summed E-state index contributed by atoms with van der Waals surface area (Å²) in [5, 5.41) is 20.5. The molecule has 0 spiro atoms. The van der Waals surface area contributed by atoms with Gasteiger partial charge in [-0.2, -0.15) is 5.11 Å². The zero-order chi connectivity index (χ0) is 23.5. The number of fused-ring (bicyclic) bond motifs is 1. The number of phenols is 1. The minimum absolute atomic E-state index is 0.109. The third-order valence-electron chi connectivity index (χ3n) is 5.27. The molecule has 0 unspecified atom stereocenters. The summed E-state index contributed by atoms with van der Waals surface area (Å²) in [5.41, 5.74) is 3.62. The number of carbonyl (C=O) groups excluding carboxylic acids is 1. The summed E-state index contributed by atoms with van der Waals surface area (Å²) in [4.78, 5) is 13.0. The van der Waals surface area contributed by atoms with Gasteiger partial charge in [-0.05, 0) is 65.7 Å². The molecule has 0 radical (unpaired) electrons. The molecule has 8 heteroatoms. The monoisotopic (exact) mass is 525 g/mol. The number of rotatable bonds is 6. The van der Waals surface area contributed by atoms with Gasteiger partial charge in [0.2, 0.25) is 0 Å². The van der Waals surface area contributed by atoms with Crippen molar-refractivity contribution in [3.8, 4) is 5.75 Å². The van der Waals surface area contributed by atoms with Crippen LogP contribution in [0.3, 0.4) is 0 Å². The number of azo groups is 1. The maximum atomic E-state index is 13.0. The summed E-state index contributed by atoms with van der Waals surface area (Å²) in [5.74, 6) is -0.584. The van der Waals surface area contributed by atoms with E-state index in [0.29, 0.717) is 38.4 Å². The molecule has 6 nitrogen and oxygen atoms in total. The Labute approximate surface area is 204 Å². The number of aromatic nitrogens is 1. The van der Waals surface area contributed by atoms with E-state index < -0.39 is 5.97 Å². The molecule has 0 amide bonds. The number of esters is 1. The number of hydrogen-bond acceptors (Lipinski definition) is 5. The van der Waals surface area contributed by atoms with Crippen LogP contribution in [-0.4, -0.2) is 22.2 Å². The summed E-state index contributed by atoms with van der Waals surface area (Å²) in [6.45, 7) is 4.38. The van der Waals surface area contributed by atoms with Gasteiger partial charge in [0.25, 0.3) is 0 Å². The molecule has 4 rings (SSSR count). The molecule has 1 aromatic heterocycles. The number of halogens is 2. The molecular formula is C25H21BrClN3O3. The van der Waals surface area contributed by atoms with Crippen LogP contribution in [0.2, 0.25) is 5.02 Å². The lowest BCUT2D eigenvalue weighted by Gasteiger charge is -2.10.